The van der Waals surface area contributed by atoms with Crippen LogP contribution in [0.2, 0.25) is 10.0 Å². The van der Waals surface area contributed by atoms with Gasteiger partial charge in [-0.3, -0.25) is 24.1 Å². The Morgan fingerprint density at radius 2 is 1.79 bits per heavy atom. The molecule has 2 aliphatic rings. The van der Waals surface area contributed by atoms with Crippen LogP contribution in [-0.4, -0.2) is 75.2 Å². The highest BCUT2D eigenvalue weighted by Gasteiger charge is 2.37. The van der Waals surface area contributed by atoms with Gasteiger partial charge in [0.25, 0.3) is 11.1 Å². The lowest BCUT2D eigenvalue weighted by molar-refractivity contribution is -0.136. The highest BCUT2D eigenvalue weighted by atomic mass is 35.5. The number of anilines is 1. The molecule has 0 radical (unpaired) electrons. The molecule has 5 rings (SSSR count). The van der Waals surface area contributed by atoms with Crippen molar-refractivity contribution in [1.82, 2.24) is 14.4 Å². The van der Waals surface area contributed by atoms with Crippen LogP contribution >= 0.6 is 35.0 Å². The summed E-state index contributed by atoms with van der Waals surface area (Å²) in [5, 5.41) is 9.49. The number of nitrogens with zero attached hydrogens (tertiary/aromatic N) is 4. The van der Waals surface area contributed by atoms with Gasteiger partial charge in [0.15, 0.2) is 0 Å². The molecule has 2 aliphatic heterocycles. The number of carboxylic acid groups (broad SMARTS) is 1. The first kappa shape index (κ1) is 29.6. The minimum atomic E-state index is -1.39. The van der Waals surface area contributed by atoms with E-state index < -0.39 is 46.4 Å². The molecule has 14 heteroatoms. The number of carbonyl (C=O) groups excluding carboxylic acids is 3. The molecule has 0 atom stereocenters. The van der Waals surface area contributed by atoms with E-state index in [9.17, 15) is 29.1 Å². The number of carbonyl (C=O) groups is 4. The van der Waals surface area contributed by atoms with Crippen molar-refractivity contribution in [1.29, 1.82) is 0 Å². The fourth-order valence-corrected chi connectivity index (χ4v) is 6.18. The van der Waals surface area contributed by atoms with E-state index in [1.165, 1.54) is 29.3 Å². The van der Waals surface area contributed by atoms with E-state index >= 15 is 4.39 Å². The summed E-state index contributed by atoms with van der Waals surface area (Å²) in [7, 11) is 0. The van der Waals surface area contributed by atoms with Gasteiger partial charge in [-0.2, -0.15) is 0 Å². The Balaban J connectivity index is 1.27. The number of aromatic nitrogens is 1. The van der Waals surface area contributed by atoms with Crippen LogP contribution in [0.3, 0.4) is 0 Å². The molecule has 1 aromatic heterocycles. The van der Waals surface area contributed by atoms with E-state index in [0.29, 0.717) is 39.4 Å². The molecule has 0 spiro atoms. The van der Waals surface area contributed by atoms with Crippen LogP contribution in [-0.2, 0) is 16.1 Å². The number of carboxylic acids is 1. The smallest absolute Gasteiger partial charge is 0.341 e. The summed E-state index contributed by atoms with van der Waals surface area (Å²) in [6.07, 6.45) is 2.72. The molecule has 42 heavy (non-hydrogen) atoms. The van der Waals surface area contributed by atoms with E-state index in [1.54, 1.807) is 28.5 Å². The summed E-state index contributed by atoms with van der Waals surface area (Å²) >= 11 is 12.8. The maximum atomic E-state index is 15.2. The van der Waals surface area contributed by atoms with Crippen LogP contribution < -0.4 is 10.3 Å². The van der Waals surface area contributed by atoms with Gasteiger partial charge in [0, 0.05) is 54.4 Å². The minimum Gasteiger partial charge on any atom is -0.477 e. The van der Waals surface area contributed by atoms with Crippen molar-refractivity contribution in [2.24, 2.45) is 0 Å². The molecule has 0 unspecified atom stereocenters. The second-order valence-corrected chi connectivity index (χ2v) is 11.4. The summed E-state index contributed by atoms with van der Waals surface area (Å²) in [5.74, 6) is -3.10. The van der Waals surface area contributed by atoms with Crippen molar-refractivity contribution in [2.75, 3.05) is 37.6 Å². The van der Waals surface area contributed by atoms with Crippen LogP contribution in [0.25, 0.3) is 17.0 Å². The molecule has 0 saturated carbocycles. The van der Waals surface area contributed by atoms with E-state index in [4.69, 9.17) is 23.2 Å². The first-order chi connectivity index (χ1) is 20.0. The predicted octanol–water partition coefficient (Wildman–Crippen LogP) is 4.55. The second kappa shape index (κ2) is 11.8. The lowest BCUT2D eigenvalue weighted by Gasteiger charge is -2.36. The highest BCUT2D eigenvalue weighted by molar-refractivity contribution is 8.18. The molecule has 3 aromatic rings. The Labute approximate surface area is 252 Å². The molecule has 218 valence electrons. The maximum Gasteiger partial charge on any atom is 0.341 e. The molecule has 10 nitrogen and oxygen atoms in total. The SMILES string of the molecule is CCn1cc(C(=O)O)c(=O)c2cc(F)c(N3CCN(C(=O)CN4C(=O)S/C(=C\c5ccc(Cl)cc5Cl)C4=O)CC3)cc21. The van der Waals surface area contributed by atoms with E-state index in [0.717, 1.165) is 11.0 Å². The van der Waals surface area contributed by atoms with Gasteiger partial charge in [-0.15, -0.1) is 0 Å². The van der Waals surface area contributed by atoms with Gasteiger partial charge in [0.1, 0.15) is 17.9 Å². The average molecular weight is 633 g/mol. The third-order valence-electron chi connectivity index (χ3n) is 7.11. The molecule has 3 amide bonds. The molecule has 2 aromatic carbocycles. The minimum absolute atomic E-state index is 0.0311. The van der Waals surface area contributed by atoms with E-state index in [2.05, 4.69) is 0 Å². The monoisotopic (exact) mass is 632 g/mol. The normalized spacial score (nSPS) is 16.7. The molecule has 2 fully saturated rings. The summed E-state index contributed by atoms with van der Waals surface area (Å²) in [4.78, 5) is 66.8. The zero-order chi connectivity index (χ0) is 30.3. The highest BCUT2D eigenvalue weighted by Crippen LogP contribution is 2.34. The number of aromatic carboxylic acids is 1. The van der Waals surface area contributed by atoms with Crippen LogP contribution in [0.4, 0.5) is 14.9 Å². The number of pyridine rings is 1. The Morgan fingerprint density at radius 1 is 1.07 bits per heavy atom. The number of thioether (sulfide) groups is 1. The number of halogens is 3. The van der Waals surface area contributed by atoms with Crippen LogP contribution in [0.1, 0.15) is 22.8 Å². The zero-order valence-corrected chi connectivity index (χ0v) is 24.4. The van der Waals surface area contributed by atoms with Crippen molar-refractivity contribution in [3.8, 4) is 0 Å². The fraction of sp³-hybridized carbons (Fsp3) is 0.250. The predicted molar refractivity (Wildman–Crippen MR) is 159 cm³/mol. The molecular formula is C28H23Cl2FN4O6S. The second-order valence-electron chi connectivity index (χ2n) is 9.59. The van der Waals surface area contributed by atoms with Crippen molar-refractivity contribution in [3.63, 3.8) is 0 Å². The number of aryl methyl sites for hydroxylation is 1. The first-order valence-corrected chi connectivity index (χ1v) is 14.4. The lowest BCUT2D eigenvalue weighted by atomic mass is 10.1. The summed E-state index contributed by atoms with van der Waals surface area (Å²) in [5.41, 5.74) is -0.0750. The summed E-state index contributed by atoms with van der Waals surface area (Å²) in [6, 6.07) is 7.31. The fourth-order valence-electron chi connectivity index (χ4n) is 4.88. The van der Waals surface area contributed by atoms with Gasteiger partial charge in [-0.25, -0.2) is 9.18 Å². The Bertz CT molecular complexity index is 1750. The molecule has 0 bridgehead atoms. The van der Waals surface area contributed by atoms with E-state index in [-0.39, 0.29) is 42.2 Å². The molecule has 2 saturated heterocycles. The quantitative estimate of drug-likeness (QED) is 0.393. The largest absolute Gasteiger partial charge is 0.477 e. The summed E-state index contributed by atoms with van der Waals surface area (Å²) < 4.78 is 16.8. The third-order valence-corrected chi connectivity index (χ3v) is 8.58. The van der Waals surface area contributed by atoms with Gasteiger partial charge in [0.05, 0.1) is 16.1 Å². The first-order valence-electron chi connectivity index (χ1n) is 12.8. The van der Waals surface area contributed by atoms with Crippen LogP contribution in [0.5, 0.6) is 0 Å². The molecule has 3 heterocycles. The zero-order valence-electron chi connectivity index (χ0n) is 22.1. The Morgan fingerprint density at radius 3 is 2.43 bits per heavy atom. The lowest BCUT2D eigenvalue weighted by Crippen LogP contribution is -2.52. The van der Waals surface area contributed by atoms with Crippen LogP contribution in [0.15, 0.2) is 46.2 Å². The number of amides is 3. The van der Waals surface area contributed by atoms with Crippen molar-refractivity contribution < 1.29 is 28.7 Å². The van der Waals surface area contributed by atoms with Gasteiger partial charge < -0.3 is 19.5 Å². The number of fused-ring (bicyclic) bond motifs is 1. The average Bonchev–Trinajstić information content (AvgIpc) is 3.21. The van der Waals surface area contributed by atoms with Crippen molar-refractivity contribution in [3.05, 3.63) is 78.6 Å². The number of hydrogen-bond acceptors (Lipinski definition) is 7. The third kappa shape index (κ3) is 5.61. The van der Waals surface area contributed by atoms with Gasteiger partial charge in [-0.1, -0.05) is 29.3 Å². The van der Waals surface area contributed by atoms with Gasteiger partial charge in [0.2, 0.25) is 11.3 Å². The Kier molecular flexibility index (Phi) is 8.31. The van der Waals surface area contributed by atoms with Gasteiger partial charge in [-0.05, 0) is 54.6 Å². The number of piperazine rings is 1. The molecule has 0 aliphatic carbocycles. The van der Waals surface area contributed by atoms with E-state index in [1.807, 2.05) is 0 Å². The molecular weight excluding hydrogens is 610 g/mol. The molecule has 1 N–H and O–H groups in total. The van der Waals surface area contributed by atoms with Crippen molar-refractivity contribution in [2.45, 2.75) is 13.5 Å². The number of rotatable bonds is 6. The topological polar surface area (TPSA) is 120 Å². The van der Waals surface area contributed by atoms with Crippen LogP contribution in [0, 0.1) is 5.82 Å². The Hall–Kier alpha value is -3.87. The number of benzene rings is 2. The standard InChI is InChI=1S/C28H23Cl2FN4O6S/c1-2-32-13-18(27(39)40)25(37)17-11-20(31)22(12-21(17)32)33-5-7-34(8-6-33)24(36)14-35-26(38)23(42-28(35)41)9-15-3-4-16(29)10-19(15)30/h3-4,9-13H,2,5-8,14H2,1H3,(H,39,40)/b23-9-. The maximum absolute atomic E-state index is 15.2. The van der Waals surface area contributed by atoms with Crippen molar-refractivity contribution >= 4 is 80.7 Å². The number of imide groups is 1. The summed E-state index contributed by atoms with van der Waals surface area (Å²) in [6.45, 7) is 2.64. The van der Waals surface area contributed by atoms with Gasteiger partial charge >= 0.3 is 5.97 Å². The number of hydrogen-bond donors (Lipinski definition) is 1.